The minimum absolute atomic E-state index is 0.166. The van der Waals surface area contributed by atoms with E-state index in [0.29, 0.717) is 23.4 Å². The van der Waals surface area contributed by atoms with Crippen LogP contribution >= 0.6 is 0 Å². The Labute approximate surface area is 222 Å². The normalized spacial score (nSPS) is 27.4. The summed E-state index contributed by atoms with van der Waals surface area (Å²) < 4.78 is 5.15. The van der Waals surface area contributed by atoms with Gasteiger partial charge in [0, 0.05) is 13.0 Å². The van der Waals surface area contributed by atoms with Gasteiger partial charge < -0.3 is 9.84 Å². The first kappa shape index (κ1) is 26.1. The van der Waals surface area contributed by atoms with E-state index in [1.807, 2.05) is 19.1 Å². The third kappa shape index (κ3) is 4.51. The van der Waals surface area contributed by atoms with E-state index in [1.54, 1.807) is 36.4 Å². The molecule has 2 saturated heterocycles. The first-order chi connectivity index (χ1) is 18.2. The van der Waals surface area contributed by atoms with Crippen molar-refractivity contribution in [3.8, 4) is 5.75 Å². The van der Waals surface area contributed by atoms with Crippen LogP contribution in [0.15, 0.2) is 48.5 Å². The van der Waals surface area contributed by atoms with Crippen molar-refractivity contribution in [3.63, 3.8) is 0 Å². The molecule has 0 bridgehead atoms. The van der Waals surface area contributed by atoms with Crippen LogP contribution in [0.4, 0.5) is 5.69 Å². The van der Waals surface area contributed by atoms with Gasteiger partial charge in [-0.3, -0.25) is 24.5 Å². The number of aliphatic carboxylic acids is 1. The van der Waals surface area contributed by atoms with E-state index in [0.717, 1.165) is 44.1 Å². The van der Waals surface area contributed by atoms with E-state index >= 15 is 0 Å². The summed E-state index contributed by atoms with van der Waals surface area (Å²) in [6, 6.07) is 13.3. The third-order valence-electron chi connectivity index (χ3n) is 8.47. The molecule has 0 aromatic heterocycles. The summed E-state index contributed by atoms with van der Waals surface area (Å²) in [5.74, 6) is -3.78. The zero-order valence-corrected chi connectivity index (χ0v) is 21.8. The van der Waals surface area contributed by atoms with E-state index in [-0.39, 0.29) is 5.92 Å². The van der Waals surface area contributed by atoms with Gasteiger partial charge in [-0.15, -0.1) is 0 Å². The topological polar surface area (TPSA) is 113 Å². The molecule has 200 valence electrons. The molecule has 1 aliphatic carbocycles. The fourth-order valence-electron chi connectivity index (χ4n) is 6.65. The van der Waals surface area contributed by atoms with Crippen LogP contribution in [0.25, 0.3) is 0 Å². The monoisotopic (exact) mass is 518 g/mol. The number of imide groups is 1. The maximum absolute atomic E-state index is 14.0. The Bertz CT molecular complexity index is 1230. The van der Waals surface area contributed by atoms with Gasteiger partial charge in [0.05, 0.1) is 17.5 Å². The summed E-state index contributed by atoms with van der Waals surface area (Å²) in [5, 5.41) is 14.0. The Kier molecular flexibility index (Phi) is 7.09. The number of hydrogen-bond acceptors (Lipinski definition) is 6. The molecule has 2 amide bonds. The number of ether oxygens (including phenoxy) is 1. The van der Waals surface area contributed by atoms with Crippen LogP contribution in [-0.4, -0.2) is 34.4 Å². The fourth-order valence-corrected chi connectivity index (χ4v) is 6.65. The molecule has 1 saturated carbocycles. The van der Waals surface area contributed by atoms with E-state index in [9.17, 15) is 24.3 Å². The number of nitrogens with one attached hydrogen (secondary N) is 1. The molecular formula is C30H34N2O6. The Hall–Kier alpha value is -3.52. The summed E-state index contributed by atoms with van der Waals surface area (Å²) in [4.78, 5) is 53.6. The van der Waals surface area contributed by atoms with Crippen LogP contribution in [0.1, 0.15) is 69.5 Å². The Morgan fingerprint density at radius 1 is 1.00 bits per heavy atom. The molecular weight excluding hydrogens is 484 g/mol. The number of benzene rings is 2. The first-order valence-corrected chi connectivity index (χ1v) is 13.5. The number of hydrogen-bond donors (Lipinski definition) is 2. The predicted molar refractivity (Wildman–Crippen MR) is 140 cm³/mol. The second kappa shape index (κ2) is 10.3. The molecule has 8 nitrogen and oxygen atoms in total. The van der Waals surface area contributed by atoms with Crippen molar-refractivity contribution in [2.24, 2.45) is 17.8 Å². The number of fused-ring (bicyclic) bond motifs is 1. The number of amides is 2. The molecule has 4 unspecified atom stereocenters. The molecule has 38 heavy (non-hydrogen) atoms. The van der Waals surface area contributed by atoms with Crippen molar-refractivity contribution in [1.29, 1.82) is 0 Å². The van der Waals surface area contributed by atoms with Gasteiger partial charge in [0.2, 0.25) is 11.8 Å². The summed E-state index contributed by atoms with van der Waals surface area (Å²) in [6.07, 6.45) is 6.17. The van der Waals surface area contributed by atoms with Gasteiger partial charge in [-0.1, -0.05) is 63.3 Å². The van der Waals surface area contributed by atoms with E-state index < -0.39 is 47.2 Å². The number of carboxylic acids is 1. The minimum Gasteiger partial charge on any atom is -0.480 e. The zero-order valence-electron chi connectivity index (χ0n) is 21.8. The van der Waals surface area contributed by atoms with Crippen molar-refractivity contribution in [2.45, 2.75) is 70.4 Å². The van der Waals surface area contributed by atoms with Gasteiger partial charge in [-0.2, -0.15) is 0 Å². The van der Waals surface area contributed by atoms with Gasteiger partial charge in [0.15, 0.2) is 0 Å². The average Bonchev–Trinajstić information content (AvgIpc) is 3.38. The van der Waals surface area contributed by atoms with E-state index in [1.165, 1.54) is 11.8 Å². The van der Waals surface area contributed by atoms with Gasteiger partial charge in [-0.25, -0.2) is 4.90 Å². The second-order valence-electron chi connectivity index (χ2n) is 10.8. The Morgan fingerprint density at radius 2 is 1.66 bits per heavy atom. The van der Waals surface area contributed by atoms with Gasteiger partial charge in [-0.05, 0) is 54.2 Å². The fraction of sp³-hybridized carbons (Fsp3) is 0.467. The van der Waals surface area contributed by atoms with Crippen molar-refractivity contribution < 1.29 is 29.0 Å². The molecule has 2 heterocycles. The van der Waals surface area contributed by atoms with Crippen LogP contribution in [0.2, 0.25) is 0 Å². The number of carbonyl (C=O) groups excluding carboxylic acids is 3. The Balaban J connectivity index is 1.56. The molecule has 3 aliphatic rings. The SMILES string of the molecule is CCc1ccc(N2C(=O)C3C(c4ccc(OC(C)=O)cc4)NC(CC4CCCCC4)(C(=O)O)C3C2=O)cc1. The number of rotatable bonds is 7. The van der Waals surface area contributed by atoms with Crippen molar-refractivity contribution >= 4 is 29.4 Å². The van der Waals surface area contributed by atoms with E-state index in [4.69, 9.17) is 4.74 Å². The van der Waals surface area contributed by atoms with Crippen LogP contribution in [0.5, 0.6) is 5.75 Å². The van der Waals surface area contributed by atoms with Crippen molar-refractivity contribution in [2.75, 3.05) is 4.90 Å². The molecule has 2 aliphatic heterocycles. The first-order valence-electron chi connectivity index (χ1n) is 13.5. The van der Waals surface area contributed by atoms with Gasteiger partial charge in [0.25, 0.3) is 0 Å². The van der Waals surface area contributed by atoms with Crippen LogP contribution in [-0.2, 0) is 25.6 Å². The third-order valence-corrected chi connectivity index (χ3v) is 8.47. The highest BCUT2D eigenvalue weighted by molar-refractivity contribution is 6.24. The lowest BCUT2D eigenvalue weighted by molar-refractivity contribution is -0.150. The van der Waals surface area contributed by atoms with Crippen molar-refractivity contribution in [1.82, 2.24) is 5.32 Å². The van der Waals surface area contributed by atoms with Crippen LogP contribution < -0.4 is 15.0 Å². The standard InChI is InChI=1S/C30H34N2O6/c1-3-19-9-13-22(14-10-19)32-27(34)24-25(28(32)35)30(29(36)37,17-20-7-5-4-6-8-20)31-26(24)21-11-15-23(16-12-21)38-18(2)33/h9-16,20,24-26,31H,3-8,17H2,1-2H3,(H,36,37). The lowest BCUT2D eigenvalue weighted by Gasteiger charge is -2.35. The molecule has 2 aromatic carbocycles. The Morgan fingerprint density at radius 3 is 2.24 bits per heavy atom. The summed E-state index contributed by atoms with van der Waals surface area (Å²) >= 11 is 0. The number of aryl methyl sites for hydroxylation is 1. The summed E-state index contributed by atoms with van der Waals surface area (Å²) in [6.45, 7) is 3.34. The van der Waals surface area contributed by atoms with Gasteiger partial charge >= 0.3 is 11.9 Å². The number of carboxylic acid groups (broad SMARTS) is 1. The minimum atomic E-state index is -1.56. The zero-order chi connectivity index (χ0) is 27.0. The maximum Gasteiger partial charge on any atom is 0.324 e. The van der Waals surface area contributed by atoms with Gasteiger partial charge in [0.1, 0.15) is 11.3 Å². The molecule has 3 fully saturated rings. The average molecular weight is 519 g/mol. The predicted octanol–water partition coefficient (Wildman–Crippen LogP) is 4.42. The molecule has 8 heteroatoms. The smallest absolute Gasteiger partial charge is 0.324 e. The second-order valence-corrected chi connectivity index (χ2v) is 10.8. The number of nitrogens with zero attached hydrogens (tertiary/aromatic N) is 1. The maximum atomic E-state index is 14.0. The summed E-state index contributed by atoms with van der Waals surface area (Å²) in [5.41, 5.74) is 0.661. The largest absolute Gasteiger partial charge is 0.480 e. The van der Waals surface area contributed by atoms with Crippen LogP contribution in [0.3, 0.4) is 0 Å². The highest BCUT2D eigenvalue weighted by atomic mass is 16.5. The molecule has 2 N–H and O–H groups in total. The quantitative estimate of drug-likeness (QED) is 0.317. The molecule has 4 atom stereocenters. The molecule has 2 aromatic rings. The summed E-state index contributed by atoms with van der Waals surface area (Å²) in [7, 11) is 0. The lowest BCUT2D eigenvalue weighted by atomic mass is 9.72. The molecule has 5 rings (SSSR count). The van der Waals surface area contributed by atoms with E-state index in [2.05, 4.69) is 5.32 Å². The molecule has 0 radical (unpaired) electrons. The molecule has 0 spiro atoms. The van der Waals surface area contributed by atoms with Crippen molar-refractivity contribution in [3.05, 3.63) is 59.7 Å². The highest BCUT2D eigenvalue weighted by Crippen LogP contribution is 2.52. The number of anilines is 1. The number of carbonyl (C=O) groups is 4. The lowest BCUT2D eigenvalue weighted by Crippen LogP contribution is -2.57. The van der Waals surface area contributed by atoms with Crippen LogP contribution in [0, 0.1) is 17.8 Å². The highest BCUT2D eigenvalue weighted by Gasteiger charge is 2.68. The number of esters is 1.